The molecule has 0 radical (unpaired) electrons. The first-order valence-corrected chi connectivity index (χ1v) is 9.32. The number of hydrogen-bond acceptors (Lipinski definition) is 7. The Morgan fingerprint density at radius 2 is 1.93 bits per heavy atom. The van der Waals surface area contributed by atoms with Crippen molar-refractivity contribution in [3.05, 3.63) is 59.6 Å². The number of Topliss-reactive ketones (excluding diaryl/α,β-unsaturated/α-hetero) is 1. The van der Waals surface area contributed by atoms with Crippen LogP contribution in [0.25, 0.3) is 5.76 Å². The van der Waals surface area contributed by atoms with E-state index in [9.17, 15) is 14.7 Å². The minimum Gasteiger partial charge on any atom is -0.507 e. The first-order chi connectivity index (χ1) is 14.1. The number of aliphatic hydroxyl groups excluding tert-OH is 2. The standard InChI is InChI=1S/C21H23NO7/c1-2-28-15-7-5-14(6-8-15)19(24)17-18(16-4-3-11-29-16)22(21(26)20(17)25)9-12-27-13-10-23/h3-8,11,18,23-24H,2,9-10,12-13H2,1H3/t18-/m1/s1. The van der Waals surface area contributed by atoms with Crippen molar-refractivity contribution in [3.63, 3.8) is 0 Å². The van der Waals surface area contributed by atoms with Gasteiger partial charge in [-0.3, -0.25) is 9.59 Å². The zero-order chi connectivity index (χ0) is 20.8. The van der Waals surface area contributed by atoms with E-state index in [0.29, 0.717) is 23.7 Å². The minimum atomic E-state index is -0.866. The third-order valence-corrected chi connectivity index (χ3v) is 4.50. The van der Waals surface area contributed by atoms with Crippen LogP contribution in [0.3, 0.4) is 0 Å². The van der Waals surface area contributed by atoms with Crippen LogP contribution in [0.15, 0.2) is 52.7 Å². The molecule has 1 aromatic carbocycles. The summed E-state index contributed by atoms with van der Waals surface area (Å²) in [5.74, 6) is -0.829. The summed E-state index contributed by atoms with van der Waals surface area (Å²) in [6.07, 6.45) is 1.44. The van der Waals surface area contributed by atoms with Crippen LogP contribution in [0.2, 0.25) is 0 Å². The summed E-state index contributed by atoms with van der Waals surface area (Å²) >= 11 is 0. The number of likely N-dealkylation sites (tertiary alicyclic amines) is 1. The third kappa shape index (κ3) is 4.33. The maximum Gasteiger partial charge on any atom is 0.295 e. The van der Waals surface area contributed by atoms with Crippen molar-refractivity contribution in [2.24, 2.45) is 0 Å². The summed E-state index contributed by atoms with van der Waals surface area (Å²) in [5.41, 5.74) is 0.343. The van der Waals surface area contributed by atoms with E-state index in [1.54, 1.807) is 36.4 Å². The van der Waals surface area contributed by atoms with Crippen LogP contribution in [0, 0.1) is 0 Å². The fourth-order valence-electron chi connectivity index (χ4n) is 3.21. The lowest BCUT2D eigenvalue weighted by atomic mass is 9.99. The lowest BCUT2D eigenvalue weighted by Gasteiger charge is -2.23. The molecule has 29 heavy (non-hydrogen) atoms. The van der Waals surface area contributed by atoms with Gasteiger partial charge < -0.3 is 29.0 Å². The van der Waals surface area contributed by atoms with Crippen LogP contribution in [0.1, 0.15) is 24.3 Å². The molecule has 1 atom stereocenters. The Morgan fingerprint density at radius 1 is 1.17 bits per heavy atom. The number of carbonyl (C=O) groups is 2. The van der Waals surface area contributed by atoms with Gasteiger partial charge in [0, 0.05) is 12.1 Å². The molecule has 0 unspecified atom stereocenters. The maximum atomic E-state index is 12.7. The topological polar surface area (TPSA) is 109 Å². The van der Waals surface area contributed by atoms with E-state index in [1.807, 2.05) is 6.92 Å². The second-order valence-corrected chi connectivity index (χ2v) is 6.30. The van der Waals surface area contributed by atoms with E-state index in [0.717, 1.165) is 0 Å². The highest BCUT2D eigenvalue weighted by molar-refractivity contribution is 6.46. The van der Waals surface area contributed by atoms with Crippen LogP contribution >= 0.6 is 0 Å². The number of carbonyl (C=O) groups excluding carboxylic acids is 2. The highest BCUT2D eigenvalue weighted by Crippen LogP contribution is 2.39. The first kappa shape index (κ1) is 20.6. The Hall–Kier alpha value is -3.10. The Bertz CT molecular complexity index is 871. The Labute approximate surface area is 168 Å². The molecule has 0 bridgehead atoms. The molecule has 1 saturated heterocycles. The fourth-order valence-corrected chi connectivity index (χ4v) is 3.21. The van der Waals surface area contributed by atoms with Gasteiger partial charge in [-0.25, -0.2) is 0 Å². The average molecular weight is 401 g/mol. The zero-order valence-electron chi connectivity index (χ0n) is 16.0. The quantitative estimate of drug-likeness (QED) is 0.287. The van der Waals surface area contributed by atoms with E-state index in [-0.39, 0.29) is 37.7 Å². The highest BCUT2D eigenvalue weighted by Gasteiger charge is 2.47. The van der Waals surface area contributed by atoms with Gasteiger partial charge in [0.1, 0.15) is 23.3 Å². The summed E-state index contributed by atoms with van der Waals surface area (Å²) in [7, 11) is 0. The first-order valence-electron chi connectivity index (χ1n) is 9.32. The molecule has 0 saturated carbocycles. The molecule has 0 spiro atoms. The third-order valence-electron chi connectivity index (χ3n) is 4.50. The van der Waals surface area contributed by atoms with Gasteiger partial charge >= 0.3 is 0 Å². The number of amides is 1. The number of aliphatic hydroxyl groups is 2. The number of nitrogens with zero attached hydrogens (tertiary/aromatic N) is 1. The average Bonchev–Trinajstić information content (AvgIpc) is 3.34. The van der Waals surface area contributed by atoms with Crippen LogP contribution in [0.4, 0.5) is 0 Å². The predicted molar refractivity (Wildman–Crippen MR) is 103 cm³/mol. The van der Waals surface area contributed by atoms with Crippen LogP contribution in [0.5, 0.6) is 5.75 Å². The van der Waals surface area contributed by atoms with Gasteiger partial charge in [0.2, 0.25) is 0 Å². The molecule has 0 aliphatic carbocycles. The van der Waals surface area contributed by atoms with E-state index >= 15 is 0 Å². The maximum absolute atomic E-state index is 12.7. The number of ketones is 1. The molecule has 2 aromatic rings. The lowest BCUT2D eigenvalue weighted by Crippen LogP contribution is -2.33. The zero-order valence-corrected chi connectivity index (χ0v) is 16.0. The van der Waals surface area contributed by atoms with Crippen molar-refractivity contribution in [2.45, 2.75) is 13.0 Å². The number of furan rings is 1. The van der Waals surface area contributed by atoms with Gasteiger partial charge in [0.15, 0.2) is 0 Å². The van der Waals surface area contributed by atoms with Crippen molar-refractivity contribution in [1.29, 1.82) is 0 Å². The van der Waals surface area contributed by atoms with Gasteiger partial charge in [0.05, 0.1) is 38.3 Å². The van der Waals surface area contributed by atoms with Crippen molar-refractivity contribution in [3.8, 4) is 5.75 Å². The Balaban J connectivity index is 1.97. The van der Waals surface area contributed by atoms with Crippen molar-refractivity contribution in [2.75, 3.05) is 33.0 Å². The van der Waals surface area contributed by atoms with Crippen molar-refractivity contribution < 1.29 is 33.7 Å². The minimum absolute atomic E-state index is 0.0451. The molecule has 2 heterocycles. The summed E-state index contributed by atoms with van der Waals surface area (Å²) < 4.78 is 16.1. The molecule has 154 valence electrons. The molecular formula is C21H23NO7. The number of ether oxygens (including phenoxy) is 2. The predicted octanol–water partition coefficient (Wildman–Crippen LogP) is 2.11. The lowest BCUT2D eigenvalue weighted by molar-refractivity contribution is -0.140. The Kier molecular flexibility index (Phi) is 6.69. The van der Waals surface area contributed by atoms with Crippen LogP contribution in [-0.2, 0) is 14.3 Å². The molecule has 1 aliphatic heterocycles. The van der Waals surface area contributed by atoms with Crippen LogP contribution < -0.4 is 4.74 Å². The molecule has 1 aromatic heterocycles. The molecule has 3 rings (SSSR count). The summed E-state index contributed by atoms with van der Waals surface area (Å²) in [5, 5.41) is 19.7. The molecule has 1 fully saturated rings. The van der Waals surface area contributed by atoms with E-state index < -0.39 is 17.7 Å². The van der Waals surface area contributed by atoms with Gasteiger partial charge in [0.25, 0.3) is 11.7 Å². The Morgan fingerprint density at radius 3 is 2.55 bits per heavy atom. The number of hydrogen-bond donors (Lipinski definition) is 2. The van der Waals surface area contributed by atoms with Gasteiger partial charge in [-0.1, -0.05) is 0 Å². The molecule has 8 heteroatoms. The summed E-state index contributed by atoms with van der Waals surface area (Å²) in [6.45, 7) is 2.60. The van der Waals surface area contributed by atoms with Gasteiger partial charge in [-0.05, 0) is 43.3 Å². The SMILES string of the molecule is CCOc1ccc(C(O)=C2C(=O)C(=O)N(CCOCCO)[C@@H]2c2ccco2)cc1. The van der Waals surface area contributed by atoms with E-state index in [1.165, 1.54) is 11.2 Å². The van der Waals surface area contributed by atoms with Crippen molar-refractivity contribution >= 4 is 17.4 Å². The summed E-state index contributed by atoms with van der Waals surface area (Å²) in [6, 6.07) is 9.03. The monoisotopic (exact) mass is 401 g/mol. The largest absolute Gasteiger partial charge is 0.507 e. The van der Waals surface area contributed by atoms with Crippen molar-refractivity contribution in [1.82, 2.24) is 4.90 Å². The fraction of sp³-hybridized carbons (Fsp3) is 0.333. The second-order valence-electron chi connectivity index (χ2n) is 6.30. The molecule has 1 aliphatic rings. The smallest absolute Gasteiger partial charge is 0.295 e. The highest BCUT2D eigenvalue weighted by atomic mass is 16.5. The summed E-state index contributed by atoms with van der Waals surface area (Å²) in [4.78, 5) is 26.7. The molecule has 2 N–H and O–H groups in total. The molecular weight excluding hydrogens is 378 g/mol. The normalized spacial score (nSPS) is 18.4. The van der Waals surface area contributed by atoms with E-state index in [4.69, 9.17) is 19.0 Å². The van der Waals surface area contributed by atoms with Gasteiger partial charge in [-0.2, -0.15) is 0 Å². The molecule has 8 nitrogen and oxygen atoms in total. The van der Waals surface area contributed by atoms with Crippen LogP contribution in [-0.4, -0.2) is 59.8 Å². The number of benzene rings is 1. The second kappa shape index (κ2) is 9.40. The van der Waals surface area contributed by atoms with E-state index in [2.05, 4.69) is 0 Å². The number of rotatable bonds is 9. The molecule has 1 amide bonds. The van der Waals surface area contributed by atoms with Gasteiger partial charge in [-0.15, -0.1) is 0 Å².